The van der Waals surface area contributed by atoms with Crippen molar-refractivity contribution in [1.82, 2.24) is 10.6 Å². The van der Waals surface area contributed by atoms with E-state index >= 15 is 0 Å². The van der Waals surface area contributed by atoms with E-state index in [1.807, 2.05) is 0 Å². The smallest absolute Gasteiger partial charge is 0.387 e. The lowest BCUT2D eigenvalue weighted by Gasteiger charge is -2.18. The Kier molecular flexibility index (Phi) is 6.06. The van der Waals surface area contributed by atoms with Crippen LogP contribution in [0.25, 0.3) is 0 Å². The summed E-state index contributed by atoms with van der Waals surface area (Å²) < 4.78 is 38.3. The first kappa shape index (κ1) is 17.0. The van der Waals surface area contributed by atoms with E-state index in [0.29, 0.717) is 19.0 Å². The maximum Gasteiger partial charge on any atom is 0.416 e. The minimum absolute atomic E-state index is 0. The zero-order chi connectivity index (χ0) is 13.9. The SMILES string of the molecule is I.OC(CNC1=NCCN1)c1ccccc1C(F)(F)F. The Hall–Kier alpha value is -1.03. The van der Waals surface area contributed by atoms with Crippen LogP contribution in [0.15, 0.2) is 29.3 Å². The number of aliphatic hydroxyl groups excluding tert-OH is 1. The van der Waals surface area contributed by atoms with E-state index in [2.05, 4.69) is 15.6 Å². The van der Waals surface area contributed by atoms with Crippen molar-refractivity contribution in [2.45, 2.75) is 12.3 Å². The molecule has 8 heteroatoms. The van der Waals surface area contributed by atoms with Crippen LogP contribution in [-0.2, 0) is 6.18 Å². The average molecular weight is 401 g/mol. The summed E-state index contributed by atoms with van der Waals surface area (Å²) in [5.74, 6) is 0.503. The van der Waals surface area contributed by atoms with Gasteiger partial charge in [-0.2, -0.15) is 13.2 Å². The number of hydrogen-bond acceptors (Lipinski definition) is 4. The molecule has 1 aromatic carbocycles. The molecule has 1 aliphatic heterocycles. The van der Waals surface area contributed by atoms with E-state index in [-0.39, 0.29) is 36.1 Å². The van der Waals surface area contributed by atoms with Gasteiger partial charge in [0.25, 0.3) is 0 Å². The Morgan fingerprint density at radius 1 is 1.35 bits per heavy atom. The molecule has 1 unspecified atom stereocenters. The summed E-state index contributed by atoms with van der Waals surface area (Å²) in [5.41, 5.74) is -0.952. The third-order valence-corrected chi connectivity index (χ3v) is 2.76. The summed E-state index contributed by atoms with van der Waals surface area (Å²) >= 11 is 0. The predicted octanol–water partition coefficient (Wildman–Crippen LogP) is 1.91. The number of guanidine groups is 1. The monoisotopic (exact) mass is 401 g/mol. The van der Waals surface area contributed by atoms with Crippen molar-refractivity contribution in [2.24, 2.45) is 4.99 Å². The highest BCUT2D eigenvalue weighted by molar-refractivity contribution is 14.0. The number of nitrogens with one attached hydrogen (secondary N) is 2. The Bertz CT molecular complexity index is 479. The van der Waals surface area contributed by atoms with Gasteiger partial charge in [0.1, 0.15) is 0 Å². The Labute approximate surface area is 131 Å². The minimum Gasteiger partial charge on any atom is -0.387 e. The molecule has 0 aromatic heterocycles. The molecule has 2 rings (SSSR count). The molecule has 1 aliphatic rings. The van der Waals surface area contributed by atoms with Gasteiger partial charge < -0.3 is 15.7 Å². The maximum absolute atomic E-state index is 12.8. The van der Waals surface area contributed by atoms with Gasteiger partial charge in [0, 0.05) is 13.1 Å². The molecule has 0 radical (unpaired) electrons. The van der Waals surface area contributed by atoms with Crippen LogP contribution in [0.1, 0.15) is 17.2 Å². The zero-order valence-corrected chi connectivity index (χ0v) is 12.8. The molecule has 0 spiro atoms. The summed E-state index contributed by atoms with van der Waals surface area (Å²) in [7, 11) is 0. The Morgan fingerprint density at radius 2 is 2.05 bits per heavy atom. The molecule has 1 heterocycles. The van der Waals surface area contributed by atoms with Gasteiger partial charge in [0.15, 0.2) is 5.96 Å². The fraction of sp³-hybridized carbons (Fsp3) is 0.417. The lowest BCUT2D eigenvalue weighted by molar-refractivity contribution is -0.139. The van der Waals surface area contributed by atoms with Crippen LogP contribution < -0.4 is 10.6 Å². The largest absolute Gasteiger partial charge is 0.416 e. The van der Waals surface area contributed by atoms with E-state index in [4.69, 9.17) is 0 Å². The van der Waals surface area contributed by atoms with Crippen LogP contribution in [0.4, 0.5) is 13.2 Å². The first-order valence-corrected chi connectivity index (χ1v) is 5.85. The molecule has 112 valence electrons. The highest BCUT2D eigenvalue weighted by atomic mass is 127. The van der Waals surface area contributed by atoms with Gasteiger partial charge in [-0.3, -0.25) is 4.99 Å². The van der Waals surface area contributed by atoms with Gasteiger partial charge in [-0.25, -0.2) is 0 Å². The fourth-order valence-corrected chi connectivity index (χ4v) is 1.87. The Balaban J connectivity index is 0.00000200. The lowest BCUT2D eigenvalue weighted by Crippen LogP contribution is -2.36. The van der Waals surface area contributed by atoms with Gasteiger partial charge in [-0.1, -0.05) is 18.2 Å². The normalized spacial score (nSPS) is 15.9. The number of nitrogens with zero attached hydrogens (tertiary/aromatic N) is 1. The minimum atomic E-state index is -4.47. The van der Waals surface area contributed by atoms with Crippen molar-refractivity contribution in [3.05, 3.63) is 35.4 Å². The zero-order valence-electron chi connectivity index (χ0n) is 10.4. The highest BCUT2D eigenvalue weighted by Gasteiger charge is 2.34. The molecular formula is C12H15F3IN3O. The number of hydrogen-bond donors (Lipinski definition) is 3. The Morgan fingerprint density at radius 3 is 2.65 bits per heavy atom. The van der Waals surface area contributed by atoms with Crippen LogP contribution in [0.5, 0.6) is 0 Å². The van der Waals surface area contributed by atoms with Crippen molar-refractivity contribution < 1.29 is 18.3 Å². The molecule has 0 fully saturated rings. The topological polar surface area (TPSA) is 56.6 Å². The molecule has 4 nitrogen and oxygen atoms in total. The quantitative estimate of drug-likeness (QED) is 0.679. The van der Waals surface area contributed by atoms with E-state index in [1.165, 1.54) is 18.2 Å². The number of aliphatic hydroxyl groups is 1. The summed E-state index contributed by atoms with van der Waals surface area (Å²) in [6.07, 6.45) is -5.72. The second-order valence-electron chi connectivity index (χ2n) is 4.14. The number of aliphatic imine (C=N–C) groups is 1. The van der Waals surface area contributed by atoms with Crippen molar-refractivity contribution in [1.29, 1.82) is 0 Å². The van der Waals surface area contributed by atoms with Crippen LogP contribution in [0, 0.1) is 0 Å². The van der Waals surface area contributed by atoms with Crippen molar-refractivity contribution >= 4 is 29.9 Å². The molecule has 20 heavy (non-hydrogen) atoms. The number of benzene rings is 1. The predicted molar refractivity (Wildman–Crippen MR) is 80.1 cm³/mol. The van der Waals surface area contributed by atoms with Crippen molar-refractivity contribution in [3.8, 4) is 0 Å². The summed E-state index contributed by atoms with van der Waals surface area (Å²) in [6, 6.07) is 5.01. The molecule has 1 atom stereocenters. The fourth-order valence-electron chi connectivity index (χ4n) is 1.87. The van der Waals surface area contributed by atoms with Gasteiger partial charge in [-0.05, 0) is 11.6 Å². The summed E-state index contributed by atoms with van der Waals surface area (Å²) in [5, 5.41) is 15.6. The average Bonchev–Trinajstić information content (AvgIpc) is 2.88. The standard InChI is InChI=1S/C12H14F3N3O.HI/c13-12(14,15)9-4-2-1-3-8(9)10(19)7-18-11-16-5-6-17-11;/h1-4,10,19H,5-7H2,(H2,16,17,18);1H. The van der Waals surface area contributed by atoms with Gasteiger partial charge in [0.05, 0.1) is 18.2 Å². The molecule has 0 saturated carbocycles. The van der Waals surface area contributed by atoms with E-state index < -0.39 is 17.8 Å². The van der Waals surface area contributed by atoms with Crippen LogP contribution in [0.3, 0.4) is 0 Å². The van der Waals surface area contributed by atoms with Gasteiger partial charge >= 0.3 is 6.18 Å². The molecule has 1 aromatic rings. The van der Waals surface area contributed by atoms with E-state index in [1.54, 1.807) is 0 Å². The summed E-state index contributed by atoms with van der Waals surface area (Å²) in [6.45, 7) is 1.29. The molecule has 3 N–H and O–H groups in total. The molecule has 0 aliphatic carbocycles. The summed E-state index contributed by atoms with van der Waals surface area (Å²) in [4.78, 5) is 4.03. The highest BCUT2D eigenvalue weighted by Crippen LogP contribution is 2.34. The van der Waals surface area contributed by atoms with Crippen molar-refractivity contribution in [2.75, 3.05) is 19.6 Å². The van der Waals surface area contributed by atoms with Gasteiger partial charge in [-0.15, -0.1) is 24.0 Å². The van der Waals surface area contributed by atoms with Crippen LogP contribution in [0.2, 0.25) is 0 Å². The second kappa shape index (κ2) is 7.11. The first-order valence-electron chi connectivity index (χ1n) is 5.85. The van der Waals surface area contributed by atoms with Crippen molar-refractivity contribution in [3.63, 3.8) is 0 Å². The lowest BCUT2D eigenvalue weighted by atomic mass is 10.0. The molecular weight excluding hydrogens is 386 g/mol. The number of alkyl halides is 3. The second-order valence-corrected chi connectivity index (χ2v) is 4.14. The molecule has 0 amide bonds. The third-order valence-electron chi connectivity index (χ3n) is 2.76. The number of halogens is 4. The molecule has 0 bridgehead atoms. The maximum atomic E-state index is 12.8. The van der Waals surface area contributed by atoms with Crippen LogP contribution in [-0.4, -0.2) is 30.7 Å². The third kappa shape index (κ3) is 4.23. The molecule has 0 saturated heterocycles. The van der Waals surface area contributed by atoms with Gasteiger partial charge in [0.2, 0.25) is 0 Å². The first-order chi connectivity index (χ1) is 8.98. The van der Waals surface area contributed by atoms with E-state index in [0.717, 1.165) is 6.07 Å². The number of rotatable bonds is 3. The van der Waals surface area contributed by atoms with Crippen LogP contribution >= 0.6 is 24.0 Å². The van der Waals surface area contributed by atoms with E-state index in [9.17, 15) is 18.3 Å².